The van der Waals surface area contributed by atoms with E-state index >= 15 is 0 Å². The van der Waals surface area contributed by atoms with E-state index < -0.39 is 12.0 Å². The van der Waals surface area contributed by atoms with Gasteiger partial charge in [-0.05, 0) is 20.3 Å². The molecular formula is C12H18O4. The largest absolute Gasteiger partial charge is 0.466 e. The van der Waals surface area contributed by atoms with E-state index in [2.05, 4.69) is 6.58 Å². The fourth-order valence-electron chi connectivity index (χ4n) is 1.82. The molecule has 0 aromatic carbocycles. The number of hydrogen-bond donors (Lipinski definition) is 0. The van der Waals surface area contributed by atoms with Crippen LogP contribution in [0.15, 0.2) is 12.7 Å². The van der Waals surface area contributed by atoms with Gasteiger partial charge in [-0.2, -0.15) is 0 Å². The molecule has 4 nitrogen and oxygen atoms in total. The van der Waals surface area contributed by atoms with Crippen molar-refractivity contribution in [3.8, 4) is 0 Å². The third kappa shape index (κ3) is 2.92. The van der Waals surface area contributed by atoms with Crippen molar-refractivity contribution in [1.29, 1.82) is 0 Å². The first-order valence-corrected chi connectivity index (χ1v) is 5.55. The van der Waals surface area contributed by atoms with E-state index in [-0.39, 0.29) is 24.3 Å². The number of carbonyl (C=O) groups excluding carboxylic acids is 2. The highest BCUT2D eigenvalue weighted by Crippen LogP contribution is 2.26. The summed E-state index contributed by atoms with van der Waals surface area (Å²) in [6.45, 7) is 7.39. The van der Waals surface area contributed by atoms with Crippen LogP contribution in [0.4, 0.5) is 0 Å². The van der Waals surface area contributed by atoms with Crippen LogP contribution < -0.4 is 0 Å². The van der Waals surface area contributed by atoms with Crippen molar-refractivity contribution in [3.63, 3.8) is 0 Å². The van der Waals surface area contributed by atoms with E-state index in [9.17, 15) is 9.59 Å². The number of carbonyl (C=O) groups is 2. The SMILES string of the molecule is C=CCC1O[C@@H](C)C(=O)C[C@H]1C(=O)OCC. The Labute approximate surface area is 95.6 Å². The summed E-state index contributed by atoms with van der Waals surface area (Å²) in [6.07, 6.45) is 1.74. The second-order valence-corrected chi connectivity index (χ2v) is 3.87. The van der Waals surface area contributed by atoms with Gasteiger partial charge in [0, 0.05) is 6.42 Å². The topological polar surface area (TPSA) is 52.6 Å². The van der Waals surface area contributed by atoms with E-state index in [1.165, 1.54) is 0 Å². The molecule has 0 saturated carbocycles. The summed E-state index contributed by atoms with van der Waals surface area (Å²) in [6, 6.07) is 0. The van der Waals surface area contributed by atoms with Crippen LogP contribution in [0, 0.1) is 5.92 Å². The second-order valence-electron chi connectivity index (χ2n) is 3.87. The Hall–Kier alpha value is -1.16. The lowest BCUT2D eigenvalue weighted by Gasteiger charge is -2.32. The fraction of sp³-hybridized carbons (Fsp3) is 0.667. The van der Waals surface area contributed by atoms with Crippen molar-refractivity contribution < 1.29 is 19.1 Å². The molecule has 0 radical (unpaired) electrons. The van der Waals surface area contributed by atoms with Gasteiger partial charge in [0.1, 0.15) is 6.10 Å². The van der Waals surface area contributed by atoms with Crippen molar-refractivity contribution in [3.05, 3.63) is 12.7 Å². The third-order valence-corrected chi connectivity index (χ3v) is 2.69. The highest BCUT2D eigenvalue weighted by Gasteiger charge is 2.39. The highest BCUT2D eigenvalue weighted by molar-refractivity contribution is 5.88. The van der Waals surface area contributed by atoms with Gasteiger partial charge in [-0.3, -0.25) is 9.59 Å². The normalized spacial score (nSPS) is 29.9. The van der Waals surface area contributed by atoms with Gasteiger partial charge in [0.2, 0.25) is 0 Å². The lowest BCUT2D eigenvalue weighted by Crippen LogP contribution is -2.44. The van der Waals surface area contributed by atoms with Gasteiger partial charge >= 0.3 is 5.97 Å². The molecule has 0 aliphatic carbocycles. The third-order valence-electron chi connectivity index (χ3n) is 2.69. The van der Waals surface area contributed by atoms with Gasteiger partial charge < -0.3 is 9.47 Å². The molecule has 0 aromatic rings. The molecule has 0 bridgehead atoms. The molecule has 0 spiro atoms. The molecule has 90 valence electrons. The Morgan fingerprint density at radius 1 is 1.69 bits per heavy atom. The monoisotopic (exact) mass is 226 g/mol. The molecule has 0 amide bonds. The summed E-state index contributed by atoms with van der Waals surface area (Å²) in [7, 11) is 0. The minimum Gasteiger partial charge on any atom is -0.466 e. The van der Waals surface area contributed by atoms with Crippen molar-refractivity contribution >= 4 is 11.8 Å². The zero-order valence-electron chi connectivity index (χ0n) is 9.77. The molecule has 1 aliphatic rings. The van der Waals surface area contributed by atoms with Crippen molar-refractivity contribution in [1.82, 2.24) is 0 Å². The molecule has 16 heavy (non-hydrogen) atoms. The molecule has 1 rings (SSSR count). The summed E-state index contributed by atoms with van der Waals surface area (Å²) >= 11 is 0. The average Bonchev–Trinajstić information content (AvgIpc) is 2.23. The maximum atomic E-state index is 11.6. The number of ether oxygens (including phenoxy) is 2. The number of ketones is 1. The zero-order chi connectivity index (χ0) is 12.1. The minimum atomic E-state index is -0.485. The summed E-state index contributed by atoms with van der Waals surface area (Å²) in [5, 5.41) is 0. The molecule has 1 unspecified atom stereocenters. The lowest BCUT2D eigenvalue weighted by atomic mass is 9.89. The molecule has 1 aliphatic heterocycles. The Balaban J connectivity index is 2.72. The summed E-state index contributed by atoms with van der Waals surface area (Å²) in [4.78, 5) is 23.2. The van der Waals surface area contributed by atoms with Crippen LogP contribution in [-0.2, 0) is 19.1 Å². The Kier molecular flexibility index (Phi) is 4.68. The number of Topliss-reactive ketones (excluding diaryl/α,β-unsaturated/α-hetero) is 1. The van der Waals surface area contributed by atoms with Crippen LogP contribution in [0.25, 0.3) is 0 Å². The molecular weight excluding hydrogens is 208 g/mol. The smallest absolute Gasteiger partial charge is 0.312 e. The van der Waals surface area contributed by atoms with Gasteiger partial charge in [-0.1, -0.05) is 6.08 Å². The van der Waals surface area contributed by atoms with Crippen molar-refractivity contribution in [2.75, 3.05) is 6.61 Å². The Bertz CT molecular complexity index is 285. The predicted molar refractivity (Wildman–Crippen MR) is 58.9 cm³/mol. The molecule has 4 heteroatoms. The van der Waals surface area contributed by atoms with Crippen molar-refractivity contribution in [2.24, 2.45) is 5.92 Å². The van der Waals surface area contributed by atoms with Gasteiger partial charge in [0.15, 0.2) is 5.78 Å². The lowest BCUT2D eigenvalue weighted by molar-refractivity contribution is -0.168. The Morgan fingerprint density at radius 2 is 2.38 bits per heavy atom. The maximum Gasteiger partial charge on any atom is 0.312 e. The zero-order valence-corrected chi connectivity index (χ0v) is 9.77. The fourth-order valence-corrected chi connectivity index (χ4v) is 1.82. The standard InChI is InChI=1S/C12H18O4/c1-4-6-11-9(12(14)15-5-2)7-10(13)8(3)16-11/h4,8-9,11H,1,5-7H2,2-3H3/t8-,9+,11?/m0/s1. The molecule has 0 aromatic heterocycles. The van der Waals surface area contributed by atoms with Gasteiger partial charge in [0.05, 0.1) is 18.6 Å². The summed E-state index contributed by atoms with van der Waals surface area (Å²) < 4.78 is 10.4. The first-order valence-electron chi connectivity index (χ1n) is 5.55. The van der Waals surface area contributed by atoms with Gasteiger partial charge in [0.25, 0.3) is 0 Å². The van der Waals surface area contributed by atoms with E-state index in [0.29, 0.717) is 13.0 Å². The number of rotatable bonds is 4. The van der Waals surface area contributed by atoms with Crippen LogP contribution in [0.2, 0.25) is 0 Å². The predicted octanol–water partition coefficient (Wildman–Crippen LogP) is 1.49. The maximum absolute atomic E-state index is 11.6. The summed E-state index contributed by atoms with van der Waals surface area (Å²) in [5.41, 5.74) is 0. The molecule has 3 atom stereocenters. The quantitative estimate of drug-likeness (QED) is 0.538. The highest BCUT2D eigenvalue weighted by atomic mass is 16.5. The Morgan fingerprint density at radius 3 is 2.94 bits per heavy atom. The van der Waals surface area contributed by atoms with Crippen LogP contribution >= 0.6 is 0 Å². The average molecular weight is 226 g/mol. The molecule has 0 N–H and O–H groups in total. The van der Waals surface area contributed by atoms with Gasteiger partial charge in [-0.25, -0.2) is 0 Å². The van der Waals surface area contributed by atoms with Crippen LogP contribution in [0.1, 0.15) is 26.7 Å². The minimum absolute atomic E-state index is 0.0432. The van der Waals surface area contributed by atoms with E-state index in [1.807, 2.05) is 0 Å². The second kappa shape index (κ2) is 5.80. The number of esters is 1. The first kappa shape index (κ1) is 12.9. The van der Waals surface area contributed by atoms with E-state index in [1.54, 1.807) is 19.9 Å². The molecule has 1 heterocycles. The summed E-state index contributed by atoms with van der Waals surface area (Å²) in [5.74, 6) is -0.880. The van der Waals surface area contributed by atoms with Crippen LogP contribution in [0.3, 0.4) is 0 Å². The van der Waals surface area contributed by atoms with Crippen molar-refractivity contribution in [2.45, 2.75) is 38.9 Å². The van der Waals surface area contributed by atoms with Crippen LogP contribution in [-0.4, -0.2) is 30.6 Å². The molecule has 1 saturated heterocycles. The molecule has 1 fully saturated rings. The van der Waals surface area contributed by atoms with E-state index in [4.69, 9.17) is 9.47 Å². The first-order chi connectivity index (χ1) is 7.60. The van der Waals surface area contributed by atoms with Crippen LogP contribution in [0.5, 0.6) is 0 Å². The van der Waals surface area contributed by atoms with E-state index in [0.717, 1.165) is 0 Å². The van der Waals surface area contributed by atoms with Gasteiger partial charge in [-0.15, -0.1) is 6.58 Å². The number of hydrogen-bond acceptors (Lipinski definition) is 4.